The molecular formula is C21H29ClN2O3. The van der Waals surface area contributed by atoms with Gasteiger partial charge in [-0.3, -0.25) is 9.69 Å². The van der Waals surface area contributed by atoms with Gasteiger partial charge >= 0.3 is 6.09 Å². The van der Waals surface area contributed by atoms with Gasteiger partial charge in [-0.25, -0.2) is 4.79 Å². The van der Waals surface area contributed by atoms with E-state index in [0.717, 1.165) is 31.2 Å². The van der Waals surface area contributed by atoms with Gasteiger partial charge in [0.1, 0.15) is 11.6 Å². The number of carbonyl (C=O) groups is 2. The smallest absolute Gasteiger partial charge is 0.410 e. The lowest BCUT2D eigenvalue weighted by atomic mass is 10.0. The first-order valence-electron chi connectivity index (χ1n) is 9.79. The maximum Gasteiger partial charge on any atom is 0.410 e. The summed E-state index contributed by atoms with van der Waals surface area (Å²) < 4.78 is 5.55. The summed E-state index contributed by atoms with van der Waals surface area (Å²) in [5.41, 5.74) is 0.487. The van der Waals surface area contributed by atoms with Crippen LogP contribution in [0.1, 0.15) is 58.4 Å². The van der Waals surface area contributed by atoms with E-state index in [4.69, 9.17) is 16.3 Å². The predicted octanol–water partition coefficient (Wildman–Crippen LogP) is 4.62. The Hall–Kier alpha value is -1.75. The quantitative estimate of drug-likeness (QED) is 0.751. The van der Waals surface area contributed by atoms with E-state index in [9.17, 15) is 9.59 Å². The molecule has 1 saturated carbocycles. The molecule has 0 aromatic heterocycles. The number of hydrogen-bond acceptors (Lipinski definition) is 3. The van der Waals surface area contributed by atoms with Crippen molar-refractivity contribution in [1.29, 1.82) is 0 Å². The fourth-order valence-electron chi connectivity index (χ4n) is 3.48. The van der Waals surface area contributed by atoms with Crippen LogP contribution in [-0.2, 0) is 16.1 Å². The Morgan fingerprint density at radius 2 is 1.81 bits per heavy atom. The average molecular weight is 393 g/mol. The van der Waals surface area contributed by atoms with E-state index < -0.39 is 11.6 Å². The highest BCUT2D eigenvalue weighted by atomic mass is 35.5. The summed E-state index contributed by atoms with van der Waals surface area (Å²) in [6.45, 7) is 6.68. The Balaban J connectivity index is 1.74. The third-order valence-corrected chi connectivity index (χ3v) is 5.20. The lowest BCUT2D eigenvalue weighted by molar-refractivity contribution is -0.139. The van der Waals surface area contributed by atoms with Crippen LogP contribution < -0.4 is 0 Å². The number of piperidine rings is 1. The molecular weight excluding hydrogens is 364 g/mol. The average Bonchev–Trinajstić information content (AvgIpc) is 3.44. The van der Waals surface area contributed by atoms with Gasteiger partial charge in [-0.1, -0.05) is 23.7 Å². The first-order valence-corrected chi connectivity index (χ1v) is 10.2. The molecule has 1 aromatic carbocycles. The molecule has 1 heterocycles. The van der Waals surface area contributed by atoms with Crippen LogP contribution in [0, 0.1) is 0 Å². The first kappa shape index (κ1) is 20.0. The van der Waals surface area contributed by atoms with Crippen LogP contribution in [0.4, 0.5) is 4.79 Å². The molecule has 2 fully saturated rings. The maximum atomic E-state index is 13.4. The summed E-state index contributed by atoms with van der Waals surface area (Å²) in [7, 11) is 0. The molecule has 2 amide bonds. The topological polar surface area (TPSA) is 49.9 Å². The van der Waals surface area contributed by atoms with Crippen molar-refractivity contribution in [3.05, 3.63) is 34.9 Å². The van der Waals surface area contributed by atoms with Crippen molar-refractivity contribution in [2.24, 2.45) is 0 Å². The SMILES string of the molecule is CC(C)(C)OC(=O)N1CCCC[C@@H]1C(=O)N(Cc1ccc(Cl)cc1)C1CC1. The number of halogens is 1. The van der Waals surface area contributed by atoms with E-state index in [2.05, 4.69) is 0 Å². The summed E-state index contributed by atoms with van der Waals surface area (Å²) in [6.07, 6.45) is 4.22. The third-order valence-electron chi connectivity index (χ3n) is 4.95. The Kier molecular flexibility index (Phi) is 5.99. The monoisotopic (exact) mass is 392 g/mol. The molecule has 0 bridgehead atoms. The minimum absolute atomic E-state index is 0.0398. The van der Waals surface area contributed by atoms with Crippen LogP contribution in [0.25, 0.3) is 0 Å². The second kappa shape index (κ2) is 8.09. The molecule has 148 valence electrons. The van der Waals surface area contributed by atoms with E-state index in [1.807, 2.05) is 49.9 Å². The van der Waals surface area contributed by atoms with Crippen LogP contribution in [0.5, 0.6) is 0 Å². The molecule has 0 unspecified atom stereocenters. The van der Waals surface area contributed by atoms with Crippen LogP contribution in [-0.4, -0.2) is 46.0 Å². The van der Waals surface area contributed by atoms with Gasteiger partial charge in [0.05, 0.1) is 0 Å². The van der Waals surface area contributed by atoms with Gasteiger partial charge in [0.2, 0.25) is 5.91 Å². The van der Waals surface area contributed by atoms with Crippen molar-refractivity contribution in [3.8, 4) is 0 Å². The zero-order chi connectivity index (χ0) is 19.6. The number of hydrogen-bond donors (Lipinski definition) is 0. The Labute approximate surface area is 166 Å². The Morgan fingerprint density at radius 3 is 2.41 bits per heavy atom. The molecule has 6 heteroatoms. The number of nitrogens with zero attached hydrogens (tertiary/aromatic N) is 2. The van der Waals surface area contributed by atoms with Crippen molar-refractivity contribution >= 4 is 23.6 Å². The van der Waals surface area contributed by atoms with Gasteiger partial charge in [0, 0.05) is 24.2 Å². The van der Waals surface area contributed by atoms with Gasteiger partial charge in [0.25, 0.3) is 0 Å². The largest absolute Gasteiger partial charge is 0.444 e. The highest BCUT2D eigenvalue weighted by Crippen LogP contribution is 2.31. The second-order valence-corrected chi connectivity index (χ2v) is 8.95. The summed E-state index contributed by atoms with van der Waals surface area (Å²) >= 11 is 5.98. The number of ether oxygens (including phenoxy) is 1. The second-order valence-electron chi connectivity index (χ2n) is 8.51. The van der Waals surface area contributed by atoms with Crippen molar-refractivity contribution in [1.82, 2.24) is 9.80 Å². The highest BCUT2D eigenvalue weighted by molar-refractivity contribution is 6.30. The molecule has 1 aliphatic heterocycles. The normalized spacial score (nSPS) is 20.3. The van der Waals surface area contributed by atoms with Crippen molar-refractivity contribution in [2.75, 3.05) is 6.54 Å². The van der Waals surface area contributed by atoms with Crippen molar-refractivity contribution < 1.29 is 14.3 Å². The molecule has 1 saturated heterocycles. The van der Waals surface area contributed by atoms with Crippen molar-refractivity contribution in [3.63, 3.8) is 0 Å². The fraction of sp³-hybridized carbons (Fsp3) is 0.619. The first-order chi connectivity index (χ1) is 12.7. The van der Waals surface area contributed by atoms with Gasteiger partial charge in [-0.15, -0.1) is 0 Å². The molecule has 1 atom stereocenters. The third kappa shape index (κ3) is 5.38. The Morgan fingerprint density at radius 1 is 1.15 bits per heavy atom. The molecule has 1 aromatic rings. The van der Waals surface area contributed by atoms with Gasteiger partial charge in [-0.05, 0) is 70.6 Å². The molecule has 0 radical (unpaired) electrons. The standard InChI is InChI=1S/C21H29ClN2O3/c1-21(2,3)27-20(26)23-13-5-4-6-18(23)19(25)24(17-11-12-17)14-15-7-9-16(22)10-8-15/h7-10,17-18H,4-6,11-14H2,1-3H3/t18-/m1/s1. The molecule has 1 aliphatic carbocycles. The molecule has 5 nitrogen and oxygen atoms in total. The summed E-state index contributed by atoms with van der Waals surface area (Å²) in [6, 6.07) is 7.45. The number of rotatable bonds is 4. The minimum atomic E-state index is -0.568. The van der Waals surface area contributed by atoms with E-state index in [1.54, 1.807) is 4.90 Å². The number of likely N-dealkylation sites (tertiary alicyclic amines) is 1. The van der Waals surface area contributed by atoms with Crippen molar-refractivity contribution in [2.45, 2.75) is 77.1 Å². The molecule has 3 rings (SSSR count). The number of benzene rings is 1. The maximum absolute atomic E-state index is 13.4. The zero-order valence-corrected chi connectivity index (χ0v) is 17.2. The minimum Gasteiger partial charge on any atom is -0.444 e. The van der Waals surface area contributed by atoms with Crippen LogP contribution >= 0.6 is 11.6 Å². The number of carbonyl (C=O) groups excluding carboxylic acids is 2. The summed E-state index contributed by atoms with van der Waals surface area (Å²) in [4.78, 5) is 29.6. The molecule has 27 heavy (non-hydrogen) atoms. The van der Waals surface area contributed by atoms with Crippen LogP contribution in [0.2, 0.25) is 5.02 Å². The zero-order valence-electron chi connectivity index (χ0n) is 16.4. The van der Waals surface area contributed by atoms with Gasteiger partial charge in [0.15, 0.2) is 0 Å². The highest BCUT2D eigenvalue weighted by Gasteiger charge is 2.41. The Bertz CT molecular complexity index is 680. The summed E-state index contributed by atoms with van der Waals surface area (Å²) in [5.74, 6) is 0.0398. The van der Waals surface area contributed by atoms with Crippen LogP contribution in [0.15, 0.2) is 24.3 Å². The van der Waals surface area contributed by atoms with E-state index in [0.29, 0.717) is 24.5 Å². The lowest BCUT2D eigenvalue weighted by Gasteiger charge is -2.38. The molecule has 2 aliphatic rings. The van der Waals surface area contributed by atoms with E-state index >= 15 is 0 Å². The van der Waals surface area contributed by atoms with E-state index in [-0.39, 0.29) is 18.0 Å². The van der Waals surface area contributed by atoms with Gasteiger partial charge < -0.3 is 9.64 Å². The molecule has 0 N–H and O–H groups in total. The number of amides is 2. The predicted molar refractivity (Wildman–Crippen MR) is 106 cm³/mol. The molecule has 0 spiro atoms. The van der Waals surface area contributed by atoms with Crippen LogP contribution in [0.3, 0.4) is 0 Å². The van der Waals surface area contributed by atoms with Gasteiger partial charge in [-0.2, -0.15) is 0 Å². The fourth-order valence-corrected chi connectivity index (χ4v) is 3.60. The lowest BCUT2D eigenvalue weighted by Crippen LogP contribution is -2.54. The summed E-state index contributed by atoms with van der Waals surface area (Å²) in [5, 5.41) is 0.687. The van der Waals surface area contributed by atoms with E-state index in [1.165, 1.54) is 0 Å².